The third-order valence-corrected chi connectivity index (χ3v) is 2.61. The Morgan fingerprint density at radius 1 is 1.60 bits per heavy atom. The Labute approximate surface area is 87.0 Å². The summed E-state index contributed by atoms with van der Waals surface area (Å²) in [5.74, 6) is -1.33. The van der Waals surface area contributed by atoms with Crippen molar-refractivity contribution in [3.63, 3.8) is 0 Å². The van der Waals surface area contributed by atoms with Crippen molar-refractivity contribution in [3.05, 3.63) is 29.6 Å². The number of aromatic amines is 1. The topological polar surface area (TPSA) is 66.0 Å². The van der Waals surface area contributed by atoms with Crippen LogP contribution >= 0.6 is 0 Å². The molecule has 2 N–H and O–H groups in total. The summed E-state index contributed by atoms with van der Waals surface area (Å²) >= 11 is 0. The van der Waals surface area contributed by atoms with Gasteiger partial charge in [0.2, 0.25) is 0 Å². The van der Waals surface area contributed by atoms with Crippen LogP contribution < -0.4 is 0 Å². The highest BCUT2D eigenvalue weighted by atomic mass is 16.4. The van der Waals surface area contributed by atoms with Gasteiger partial charge in [0.15, 0.2) is 0 Å². The van der Waals surface area contributed by atoms with Gasteiger partial charge in [0.25, 0.3) is 0 Å². The van der Waals surface area contributed by atoms with Gasteiger partial charge < -0.3 is 10.1 Å². The second kappa shape index (κ2) is 3.38. The molecule has 0 aliphatic carbocycles. The van der Waals surface area contributed by atoms with Gasteiger partial charge in [-0.1, -0.05) is 0 Å². The van der Waals surface area contributed by atoms with Gasteiger partial charge in [-0.2, -0.15) is 0 Å². The predicted molar refractivity (Wildman–Crippen MR) is 56.9 cm³/mol. The summed E-state index contributed by atoms with van der Waals surface area (Å²) in [4.78, 5) is 18.2. The van der Waals surface area contributed by atoms with Crippen LogP contribution in [0.1, 0.15) is 24.1 Å². The lowest BCUT2D eigenvalue weighted by Gasteiger charge is -2.05. The second-order valence-electron chi connectivity index (χ2n) is 3.62. The average molecular weight is 204 g/mol. The molecule has 0 fully saturated rings. The van der Waals surface area contributed by atoms with Crippen LogP contribution in [0, 0.1) is 6.92 Å². The fourth-order valence-electron chi connectivity index (χ4n) is 1.85. The molecule has 2 aromatic heterocycles. The number of pyridine rings is 1. The Kier molecular flexibility index (Phi) is 2.19. The van der Waals surface area contributed by atoms with Crippen molar-refractivity contribution >= 4 is 17.0 Å². The number of nitrogens with one attached hydrogen (secondary N) is 1. The minimum absolute atomic E-state index is 0.511. The molecule has 0 radical (unpaired) electrons. The van der Waals surface area contributed by atoms with E-state index >= 15 is 0 Å². The Morgan fingerprint density at radius 3 is 3.00 bits per heavy atom. The Balaban J connectivity index is 2.68. The molecule has 0 aromatic carbocycles. The number of aryl methyl sites for hydroxylation is 1. The fourth-order valence-corrected chi connectivity index (χ4v) is 1.85. The van der Waals surface area contributed by atoms with E-state index in [4.69, 9.17) is 5.11 Å². The molecule has 0 unspecified atom stereocenters. The first kappa shape index (κ1) is 9.71. The maximum Gasteiger partial charge on any atom is 0.310 e. The summed E-state index contributed by atoms with van der Waals surface area (Å²) in [6, 6.07) is 3.70. The van der Waals surface area contributed by atoms with E-state index in [1.54, 1.807) is 13.1 Å². The van der Waals surface area contributed by atoms with Crippen molar-refractivity contribution in [2.45, 2.75) is 19.8 Å². The zero-order valence-corrected chi connectivity index (χ0v) is 8.61. The summed E-state index contributed by atoms with van der Waals surface area (Å²) in [6.07, 6.45) is 1.69. The van der Waals surface area contributed by atoms with Gasteiger partial charge >= 0.3 is 5.97 Å². The van der Waals surface area contributed by atoms with E-state index in [1.165, 1.54) is 0 Å². The van der Waals surface area contributed by atoms with Gasteiger partial charge in [-0.3, -0.25) is 4.79 Å². The van der Waals surface area contributed by atoms with Crippen LogP contribution in [-0.4, -0.2) is 21.0 Å². The molecule has 2 heterocycles. The smallest absolute Gasteiger partial charge is 0.310 e. The molecule has 4 heteroatoms. The van der Waals surface area contributed by atoms with E-state index in [-0.39, 0.29) is 0 Å². The Bertz CT molecular complexity index is 516. The molecule has 1 atom stereocenters. The van der Waals surface area contributed by atoms with Crippen LogP contribution in [0.3, 0.4) is 0 Å². The summed E-state index contributed by atoms with van der Waals surface area (Å²) in [6.45, 7) is 3.56. The first-order valence-electron chi connectivity index (χ1n) is 4.77. The van der Waals surface area contributed by atoms with E-state index in [9.17, 15) is 4.79 Å². The van der Waals surface area contributed by atoms with Gasteiger partial charge in [-0.15, -0.1) is 0 Å². The van der Waals surface area contributed by atoms with Gasteiger partial charge in [0.1, 0.15) is 5.65 Å². The first-order chi connectivity index (χ1) is 7.11. The van der Waals surface area contributed by atoms with Gasteiger partial charge in [0, 0.05) is 17.3 Å². The standard InChI is InChI=1S/C11H12N2O2/c1-6(11(14)15)9-7(2)13-10-8(9)4-3-5-12-10/h3-6H,1-2H3,(H,12,13)(H,14,15)/t6-/m0/s1. The highest BCUT2D eigenvalue weighted by Gasteiger charge is 2.20. The number of hydrogen-bond acceptors (Lipinski definition) is 2. The highest BCUT2D eigenvalue weighted by Crippen LogP contribution is 2.27. The van der Waals surface area contributed by atoms with Crippen molar-refractivity contribution in [2.24, 2.45) is 0 Å². The number of hydrogen-bond donors (Lipinski definition) is 2. The molecule has 15 heavy (non-hydrogen) atoms. The minimum atomic E-state index is -0.817. The minimum Gasteiger partial charge on any atom is -0.481 e. The first-order valence-corrected chi connectivity index (χ1v) is 4.77. The van der Waals surface area contributed by atoms with Crippen LogP contribution in [-0.2, 0) is 4.79 Å². The number of carboxylic acids is 1. The Hall–Kier alpha value is -1.84. The summed E-state index contributed by atoms with van der Waals surface area (Å²) < 4.78 is 0. The molecule has 0 saturated heterocycles. The zero-order chi connectivity index (χ0) is 11.0. The molecule has 78 valence electrons. The highest BCUT2D eigenvalue weighted by molar-refractivity contribution is 5.88. The molecular formula is C11H12N2O2. The molecule has 2 aromatic rings. The third kappa shape index (κ3) is 1.48. The van der Waals surface area contributed by atoms with Gasteiger partial charge in [-0.05, 0) is 31.5 Å². The monoisotopic (exact) mass is 204 g/mol. The molecule has 0 spiro atoms. The van der Waals surface area contributed by atoms with Crippen LogP contribution in [0.4, 0.5) is 0 Å². The lowest BCUT2D eigenvalue weighted by molar-refractivity contribution is -0.138. The molecule has 0 aliphatic heterocycles. The fraction of sp³-hybridized carbons (Fsp3) is 0.273. The molecule has 0 amide bonds. The van der Waals surface area contributed by atoms with Crippen molar-refractivity contribution < 1.29 is 9.90 Å². The van der Waals surface area contributed by atoms with E-state index in [1.807, 2.05) is 19.1 Å². The number of fused-ring (bicyclic) bond motifs is 1. The van der Waals surface area contributed by atoms with Crippen LogP contribution in [0.15, 0.2) is 18.3 Å². The van der Waals surface area contributed by atoms with E-state index in [0.29, 0.717) is 0 Å². The summed E-state index contributed by atoms with van der Waals surface area (Å²) in [5.41, 5.74) is 2.45. The zero-order valence-electron chi connectivity index (χ0n) is 8.61. The van der Waals surface area contributed by atoms with Crippen molar-refractivity contribution in [2.75, 3.05) is 0 Å². The number of carboxylic acid groups (broad SMARTS) is 1. The lowest BCUT2D eigenvalue weighted by atomic mass is 9.99. The van der Waals surface area contributed by atoms with E-state index < -0.39 is 11.9 Å². The SMILES string of the molecule is Cc1[nH]c2ncccc2c1[C@H](C)C(=O)O. The largest absolute Gasteiger partial charge is 0.481 e. The maximum absolute atomic E-state index is 11.0. The molecule has 2 rings (SSSR count). The third-order valence-electron chi connectivity index (χ3n) is 2.61. The van der Waals surface area contributed by atoms with E-state index in [2.05, 4.69) is 9.97 Å². The maximum atomic E-state index is 11.0. The number of aliphatic carboxylic acids is 1. The summed E-state index contributed by atoms with van der Waals surface area (Å²) in [5, 5.41) is 9.90. The van der Waals surface area contributed by atoms with Crippen LogP contribution in [0.25, 0.3) is 11.0 Å². The van der Waals surface area contributed by atoms with Crippen molar-refractivity contribution in [1.29, 1.82) is 0 Å². The number of H-pyrrole nitrogens is 1. The molecule has 0 saturated carbocycles. The van der Waals surface area contributed by atoms with Crippen LogP contribution in [0.5, 0.6) is 0 Å². The van der Waals surface area contributed by atoms with Crippen molar-refractivity contribution in [3.8, 4) is 0 Å². The molecule has 0 bridgehead atoms. The average Bonchev–Trinajstić information content (AvgIpc) is 2.52. The quantitative estimate of drug-likeness (QED) is 0.786. The van der Waals surface area contributed by atoms with Crippen LogP contribution in [0.2, 0.25) is 0 Å². The molecular weight excluding hydrogens is 192 g/mol. The predicted octanol–water partition coefficient (Wildman–Crippen LogP) is 2.06. The Morgan fingerprint density at radius 2 is 2.33 bits per heavy atom. The van der Waals surface area contributed by atoms with Crippen molar-refractivity contribution in [1.82, 2.24) is 9.97 Å². The van der Waals surface area contributed by atoms with Gasteiger partial charge in [-0.25, -0.2) is 4.98 Å². The van der Waals surface area contributed by atoms with E-state index in [0.717, 1.165) is 22.3 Å². The summed E-state index contributed by atoms with van der Waals surface area (Å²) in [7, 11) is 0. The number of aromatic nitrogens is 2. The normalized spacial score (nSPS) is 12.9. The molecule has 0 aliphatic rings. The van der Waals surface area contributed by atoms with Gasteiger partial charge in [0.05, 0.1) is 5.92 Å². The molecule has 4 nitrogen and oxygen atoms in total. The number of rotatable bonds is 2. The number of nitrogens with zero attached hydrogens (tertiary/aromatic N) is 1. The number of carbonyl (C=O) groups is 1. The second-order valence-corrected chi connectivity index (χ2v) is 3.62. The lowest BCUT2D eigenvalue weighted by Crippen LogP contribution is -2.08.